The summed E-state index contributed by atoms with van der Waals surface area (Å²) < 4.78 is 0. The number of aromatic nitrogens is 2. The van der Waals surface area contributed by atoms with Gasteiger partial charge < -0.3 is 11.1 Å². The van der Waals surface area contributed by atoms with Crippen LogP contribution in [0.5, 0.6) is 0 Å². The molecule has 78 valence electrons. The highest BCUT2D eigenvalue weighted by Crippen LogP contribution is 1.99. The molecule has 0 fully saturated rings. The van der Waals surface area contributed by atoms with E-state index < -0.39 is 0 Å². The van der Waals surface area contributed by atoms with E-state index in [4.69, 9.17) is 5.73 Å². The van der Waals surface area contributed by atoms with Crippen molar-refractivity contribution < 1.29 is 0 Å². The number of unbranched alkanes of at least 4 members (excludes halogenated alkanes) is 2. The van der Waals surface area contributed by atoms with E-state index in [0.717, 1.165) is 37.9 Å². The van der Waals surface area contributed by atoms with Crippen LogP contribution in [-0.2, 0) is 0 Å². The molecule has 1 rings (SSSR count). The van der Waals surface area contributed by atoms with Gasteiger partial charge in [0.1, 0.15) is 0 Å². The summed E-state index contributed by atoms with van der Waals surface area (Å²) in [7, 11) is 0. The Bertz CT molecular complexity index is 245. The molecule has 0 aliphatic rings. The number of nitrogens with two attached hydrogens (primary N) is 1. The molecule has 0 spiro atoms. The summed E-state index contributed by atoms with van der Waals surface area (Å²) in [5.41, 5.74) is 6.48. The van der Waals surface area contributed by atoms with Gasteiger partial charge in [-0.25, -0.2) is 9.97 Å². The highest BCUT2D eigenvalue weighted by Gasteiger charge is 1.93. The minimum atomic E-state index is 0.711. The van der Waals surface area contributed by atoms with E-state index in [2.05, 4.69) is 15.3 Å². The zero-order chi connectivity index (χ0) is 10.2. The van der Waals surface area contributed by atoms with E-state index >= 15 is 0 Å². The Balaban J connectivity index is 2.15. The molecule has 4 heteroatoms. The molecule has 0 unspecified atom stereocenters. The van der Waals surface area contributed by atoms with Crippen molar-refractivity contribution >= 4 is 5.95 Å². The van der Waals surface area contributed by atoms with Crippen LogP contribution in [0.25, 0.3) is 0 Å². The van der Waals surface area contributed by atoms with Crippen LogP contribution in [0.4, 0.5) is 5.95 Å². The first-order chi connectivity index (χ1) is 6.83. The maximum atomic E-state index is 5.39. The zero-order valence-corrected chi connectivity index (χ0v) is 8.66. The smallest absolute Gasteiger partial charge is 0.222 e. The average Bonchev–Trinajstić information content (AvgIpc) is 2.21. The lowest BCUT2D eigenvalue weighted by Crippen LogP contribution is -2.06. The van der Waals surface area contributed by atoms with Crippen LogP contribution in [-0.4, -0.2) is 23.1 Å². The molecule has 0 aliphatic heterocycles. The van der Waals surface area contributed by atoms with Gasteiger partial charge in [-0.15, -0.1) is 0 Å². The van der Waals surface area contributed by atoms with Gasteiger partial charge in [0.15, 0.2) is 0 Å². The summed E-state index contributed by atoms with van der Waals surface area (Å²) in [6.45, 7) is 3.68. The third-order valence-electron chi connectivity index (χ3n) is 1.94. The zero-order valence-electron chi connectivity index (χ0n) is 8.66. The van der Waals surface area contributed by atoms with Crippen molar-refractivity contribution in [1.82, 2.24) is 9.97 Å². The minimum absolute atomic E-state index is 0.711. The highest BCUT2D eigenvalue weighted by molar-refractivity contribution is 5.23. The standard InChI is InChI=1S/C10H18N4/c1-9-7-13-10(14-8-9)12-6-4-2-3-5-11/h7-8H,2-6,11H2,1H3,(H,12,13,14). The number of hydrogen-bond acceptors (Lipinski definition) is 4. The molecule has 0 saturated carbocycles. The monoisotopic (exact) mass is 194 g/mol. The number of rotatable bonds is 6. The largest absolute Gasteiger partial charge is 0.354 e. The Hall–Kier alpha value is -1.16. The van der Waals surface area contributed by atoms with Crippen LogP contribution in [0.3, 0.4) is 0 Å². The van der Waals surface area contributed by atoms with Crippen LogP contribution in [0.1, 0.15) is 24.8 Å². The molecule has 1 aromatic rings. The summed E-state index contributed by atoms with van der Waals surface area (Å²) in [6.07, 6.45) is 7.00. The number of nitrogens with zero attached hydrogens (tertiary/aromatic N) is 2. The second-order valence-corrected chi connectivity index (χ2v) is 3.36. The minimum Gasteiger partial charge on any atom is -0.354 e. The van der Waals surface area contributed by atoms with Crippen molar-refractivity contribution in [3.05, 3.63) is 18.0 Å². The van der Waals surface area contributed by atoms with Gasteiger partial charge in [0.05, 0.1) is 0 Å². The van der Waals surface area contributed by atoms with E-state index in [9.17, 15) is 0 Å². The van der Waals surface area contributed by atoms with Crippen molar-refractivity contribution in [1.29, 1.82) is 0 Å². The molecule has 0 aromatic carbocycles. The maximum Gasteiger partial charge on any atom is 0.222 e. The Morgan fingerprint density at radius 1 is 1.21 bits per heavy atom. The van der Waals surface area contributed by atoms with Crippen LogP contribution in [0.15, 0.2) is 12.4 Å². The lowest BCUT2D eigenvalue weighted by molar-refractivity contribution is 0.705. The highest BCUT2D eigenvalue weighted by atomic mass is 15.1. The molecular formula is C10H18N4. The van der Waals surface area contributed by atoms with Crippen LogP contribution in [0.2, 0.25) is 0 Å². The SMILES string of the molecule is Cc1cnc(NCCCCCN)nc1. The van der Waals surface area contributed by atoms with Crippen LogP contribution in [0, 0.1) is 6.92 Å². The number of anilines is 1. The molecule has 0 saturated heterocycles. The second-order valence-electron chi connectivity index (χ2n) is 3.36. The third kappa shape index (κ3) is 4.18. The van der Waals surface area contributed by atoms with Crippen LogP contribution < -0.4 is 11.1 Å². The van der Waals surface area contributed by atoms with E-state index in [0.29, 0.717) is 5.95 Å². The molecule has 3 N–H and O–H groups in total. The van der Waals surface area contributed by atoms with Crippen molar-refractivity contribution in [3.63, 3.8) is 0 Å². The summed E-state index contributed by atoms with van der Waals surface area (Å²) in [5.74, 6) is 0.711. The van der Waals surface area contributed by atoms with Crippen molar-refractivity contribution in [2.24, 2.45) is 5.73 Å². The van der Waals surface area contributed by atoms with Gasteiger partial charge in [0.2, 0.25) is 5.95 Å². The number of nitrogens with one attached hydrogen (secondary N) is 1. The summed E-state index contributed by atoms with van der Waals surface area (Å²) >= 11 is 0. The summed E-state index contributed by atoms with van der Waals surface area (Å²) in [6, 6.07) is 0. The topological polar surface area (TPSA) is 63.8 Å². The Morgan fingerprint density at radius 2 is 1.93 bits per heavy atom. The fourth-order valence-electron chi connectivity index (χ4n) is 1.13. The fourth-order valence-corrected chi connectivity index (χ4v) is 1.13. The van der Waals surface area contributed by atoms with Gasteiger partial charge >= 0.3 is 0 Å². The summed E-state index contributed by atoms with van der Waals surface area (Å²) in [5, 5.41) is 3.17. The summed E-state index contributed by atoms with van der Waals surface area (Å²) in [4.78, 5) is 8.30. The Kier molecular flexibility index (Phi) is 4.93. The number of aryl methyl sites for hydroxylation is 1. The molecule has 0 atom stereocenters. The second kappa shape index (κ2) is 6.32. The molecule has 0 bridgehead atoms. The van der Waals surface area contributed by atoms with E-state index in [1.165, 1.54) is 0 Å². The van der Waals surface area contributed by atoms with Crippen molar-refractivity contribution in [2.45, 2.75) is 26.2 Å². The molecule has 4 nitrogen and oxygen atoms in total. The molecule has 0 aliphatic carbocycles. The predicted molar refractivity (Wildman–Crippen MR) is 58.2 cm³/mol. The quantitative estimate of drug-likeness (QED) is 0.670. The molecule has 1 heterocycles. The van der Waals surface area contributed by atoms with Gasteiger partial charge in [-0.3, -0.25) is 0 Å². The third-order valence-corrected chi connectivity index (χ3v) is 1.94. The Morgan fingerprint density at radius 3 is 2.57 bits per heavy atom. The van der Waals surface area contributed by atoms with E-state index in [-0.39, 0.29) is 0 Å². The van der Waals surface area contributed by atoms with Gasteiger partial charge in [-0.2, -0.15) is 0 Å². The molecule has 1 aromatic heterocycles. The normalized spacial score (nSPS) is 10.1. The average molecular weight is 194 g/mol. The first-order valence-corrected chi connectivity index (χ1v) is 5.05. The van der Waals surface area contributed by atoms with Crippen LogP contribution >= 0.6 is 0 Å². The van der Waals surface area contributed by atoms with Crippen molar-refractivity contribution in [3.8, 4) is 0 Å². The van der Waals surface area contributed by atoms with E-state index in [1.807, 2.05) is 19.3 Å². The van der Waals surface area contributed by atoms with Gasteiger partial charge in [0, 0.05) is 18.9 Å². The van der Waals surface area contributed by atoms with Crippen molar-refractivity contribution in [2.75, 3.05) is 18.4 Å². The fraction of sp³-hybridized carbons (Fsp3) is 0.600. The molecular weight excluding hydrogens is 176 g/mol. The molecule has 14 heavy (non-hydrogen) atoms. The lowest BCUT2D eigenvalue weighted by atomic mass is 10.2. The molecule has 0 radical (unpaired) electrons. The lowest BCUT2D eigenvalue weighted by Gasteiger charge is -2.03. The first-order valence-electron chi connectivity index (χ1n) is 5.05. The maximum absolute atomic E-state index is 5.39. The van der Waals surface area contributed by atoms with Gasteiger partial charge in [0.25, 0.3) is 0 Å². The Labute approximate surface area is 85.0 Å². The van der Waals surface area contributed by atoms with Gasteiger partial charge in [-0.05, 0) is 31.9 Å². The van der Waals surface area contributed by atoms with Gasteiger partial charge in [-0.1, -0.05) is 6.42 Å². The first kappa shape index (κ1) is 10.9. The molecule has 0 amide bonds. The van der Waals surface area contributed by atoms with E-state index in [1.54, 1.807) is 0 Å². The number of hydrogen-bond donors (Lipinski definition) is 2. The predicted octanol–water partition coefficient (Wildman–Crippen LogP) is 1.33.